The van der Waals surface area contributed by atoms with E-state index in [4.69, 9.17) is 4.42 Å². The van der Waals surface area contributed by atoms with Gasteiger partial charge in [-0.3, -0.25) is 0 Å². The first-order valence-corrected chi connectivity index (χ1v) is 21.8. The Morgan fingerprint density at radius 3 is 1.54 bits per heavy atom. The Kier molecular flexibility index (Phi) is 6.52. The monoisotopic (exact) mass is 754 g/mol. The van der Waals surface area contributed by atoms with Gasteiger partial charge < -0.3 is 4.42 Å². The van der Waals surface area contributed by atoms with Crippen molar-refractivity contribution in [1.29, 1.82) is 0 Å². The van der Waals surface area contributed by atoms with Crippen LogP contribution in [0.15, 0.2) is 174 Å². The third kappa shape index (κ3) is 4.40. The first-order valence-electron chi connectivity index (χ1n) is 21.8. The molecule has 0 saturated heterocycles. The summed E-state index contributed by atoms with van der Waals surface area (Å²) in [6.07, 6.45) is 7.01. The molecule has 9 aromatic carbocycles. The molecule has 1 spiro atoms. The fourth-order valence-corrected chi connectivity index (χ4v) is 13.5. The van der Waals surface area contributed by atoms with Gasteiger partial charge in [0.15, 0.2) is 0 Å². The van der Waals surface area contributed by atoms with Gasteiger partial charge in [0.1, 0.15) is 11.2 Å². The van der Waals surface area contributed by atoms with Gasteiger partial charge in [0.25, 0.3) is 0 Å². The van der Waals surface area contributed by atoms with Crippen molar-refractivity contribution in [3.8, 4) is 44.5 Å². The number of fused-ring (bicyclic) bond motifs is 9. The number of hydrogen-bond donors (Lipinski definition) is 0. The summed E-state index contributed by atoms with van der Waals surface area (Å²) in [5, 5.41) is 10.3. The quantitative estimate of drug-likeness (QED) is 0.164. The van der Waals surface area contributed by atoms with E-state index < -0.39 is 0 Å². The van der Waals surface area contributed by atoms with Gasteiger partial charge in [-0.15, -0.1) is 0 Å². The molecule has 4 saturated carbocycles. The summed E-state index contributed by atoms with van der Waals surface area (Å²) in [4.78, 5) is 0. The zero-order valence-electron chi connectivity index (χ0n) is 32.9. The van der Waals surface area contributed by atoms with Crippen LogP contribution in [0.3, 0.4) is 0 Å². The predicted molar refractivity (Wildman–Crippen MR) is 246 cm³/mol. The molecule has 4 bridgehead atoms. The van der Waals surface area contributed by atoms with E-state index in [0.29, 0.717) is 0 Å². The van der Waals surface area contributed by atoms with Crippen molar-refractivity contribution < 1.29 is 4.42 Å². The van der Waals surface area contributed by atoms with Gasteiger partial charge in [-0.2, -0.15) is 0 Å². The van der Waals surface area contributed by atoms with Crippen molar-refractivity contribution in [2.24, 2.45) is 23.7 Å². The molecule has 1 heteroatoms. The molecular weight excluding hydrogens is 713 g/mol. The molecule has 5 aliphatic carbocycles. The van der Waals surface area contributed by atoms with Crippen LogP contribution in [0.1, 0.15) is 43.2 Å². The number of benzene rings is 9. The maximum Gasteiger partial charge on any atom is 0.136 e. The van der Waals surface area contributed by atoms with Gasteiger partial charge in [-0.05, 0) is 180 Å². The minimum absolute atomic E-state index is 0.0976. The molecule has 5 aliphatic rings. The van der Waals surface area contributed by atoms with Crippen LogP contribution < -0.4 is 0 Å². The van der Waals surface area contributed by atoms with E-state index in [-0.39, 0.29) is 5.41 Å². The normalized spacial score (nSPS) is 22.6. The maximum absolute atomic E-state index is 6.27. The summed E-state index contributed by atoms with van der Waals surface area (Å²) in [5.41, 5.74) is 15.8. The molecule has 10 aromatic rings. The zero-order chi connectivity index (χ0) is 38.4. The molecule has 0 N–H and O–H groups in total. The Balaban J connectivity index is 0.944. The number of rotatable bonds is 3. The van der Waals surface area contributed by atoms with Crippen molar-refractivity contribution in [3.63, 3.8) is 0 Å². The Hall–Kier alpha value is -6.44. The van der Waals surface area contributed by atoms with Crippen LogP contribution in [-0.2, 0) is 5.41 Å². The molecule has 0 amide bonds. The number of para-hydroxylation sites is 1. The Morgan fingerprint density at radius 1 is 0.356 bits per heavy atom. The van der Waals surface area contributed by atoms with E-state index in [1.165, 1.54) is 103 Å². The smallest absolute Gasteiger partial charge is 0.136 e. The van der Waals surface area contributed by atoms with Crippen LogP contribution >= 0.6 is 0 Å². The highest BCUT2D eigenvalue weighted by atomic mass is 16.3. The zero-order valence-corrected chi connectivity index (χ0v) is 32.9. The molecule has 59 heavy (non-hydrogen) atoms. The van der Waals surface area contributed by atoms with Crippen LogP contribution in [0.2, 0.25) is 0 Å². The van der Waals surface area contributed by atoms with Gasteiger partial charge in [0.2, 0.25) is 0 Å². The molecule has 0 aliphatic heterocycles. The lowest BCUT2D eigenvalue weighted by molar-refractivity contribution is -0.0398. The highest BCUT2D eigenvalue weighted by Gasteiger charge is 2.61. The van der Waals surface area contributed by atoms with E-state index in [2.05, 4.69) is 158 Å². The summed E-state index contributed by atoms with van der Waals surface area (Å²) in [7, 11) is 0. The highest BCUT2D eigenvalue weighted by molar-refractivity contribution is 6.21. The fraction of sp³-hybridized carbons (Fsp3) is 0.172. The number of furan rings is 1. The fourth-order valence-electron chi connectivity index (χ4n) is 13.5. The van der Waals surface area contributed by atoms with Crippen LogP contribution in [-0.4, -0.2) is 0 Å². The Morgan fingerprint density at radius 2 is 0.864 bits per heavy atom. The van der Waals surface area contributed by atoms with Gasteiger partial charge >= 0.3 is 0 Å². The van der Waals surface area contributed by atoms with Gasteiger partial charge in [-0.1, -0.05) is 133 Å². The second-order valence-corrected chi connectivity index (χ2v) is 18.4. The maximum atomic E-state index is 6.27. The van der Waals surface area contributed by atoms with E-state index in [1.807, 2.05) is 12.1 Å². The molecule has 4 fully saturated rings. The molecule has 0 unspecified atom stereocenters. The van der Waals surface area contributed by atoms with Crippen molar-refractivity contribution >= 4 is 54.3 Å². The highest BCUT2D eigenvalue weighted by Crippen LogP contribution is 2.70. The van der Waals surface area contributed by atoms with Gasteiger partial charge in [0.05, 0.1) is 0 Å². The van der Waals surface area contributed by atoms with Crippen LogP contribution in [0.4, 0.5) is 0 Å². The van der Waals surface area contributed by atoms with Gasteiger partial charge in [-0.25, -0.2) is 0 Å². The van der Waals surface area contributed by atoms with Gasteiger partial charge in [0, 0.05) is 16.2 Å². The van der Waals surface area contributed by atoms with Crippen molar-refractivity contribution in [2.45, 2.75) is 37.5 Å². The average molecular weight is 755 g/mol. The first-order chi connectivity index (χ1) is 29.2. The summed E-state index contributed by atoms with van der Waals surface area (Å²) in [6.45, 7) is 0. The lowest BCUT2D eigenvalue weighted by Crippen LogP contribution is -2.55. The molecular formula is C58H42O. The van der Waals surface area contributed by atoms with Crippen molar-refractivity contribution in [2.75, 3.05) is 0 Å². The molecule has 0 atom stereocenters. The third-order valence-electron chi connectivity index (χ3n) is 15.6. The molecule has 1 heterocycles. The van der Waals surface area contributed by atoms with Crippen molar-refractivity contribution in [3.05, 3.63) is 181 Å². The van der Waals surface area contributed by atoms with E-state index in [0.717, 1.165) is 51.2 Å². The topological polar surface area (TPSA) is 13.1 Å². The SMILES string of the molecule is c1ccc2cc3c(cc2c1)-c1ccc(-c2c4ccccc4c(-c4ccc(-c5ccc6c(c5)oc5ccccc56)cc4)c4ccccc24)cc1C31C2CC3CC(C2)CC1C3. The summed E-state index contributed by atoms with van der Waals surface area (Å²) < 4.78 is 6.27. The van der Waals surface area contributed by atoms with E-state index in [9.17, 15) is 0 Å². The largest absolute Gasteiger partial charge is 0.456 e. The van der Waals surface area contributed by atoms with Crippen LogP contribution in [0.5, 0.6) is 0 Å². The number of hydrogen-bond acceptors (Lipinski definition) is 1. The summed E-state index contributed by atoms with van der Waals surface area (Å²) >= 11 is 0. The molecule has 280 valence electrons. The molecule has 1 nitrogen and oxygen atoms in total. The second kappa shape index (κ2) is 11.8. The van der Waals surface area contributed by atoms with E-state index >= 15 is 0 Å². The Bertz CT molecular complexity index is 3310. The molecule has 0 radical (unpaired) electrons. The first kappa shape index (κ1) is 32.5. The lowest BCUT2D eigenvalue weighted by Gasteiger charge is -2.61. The average Bonchev–Trinajstić information content (AvgIpc) is 3.79. The summed E-state index contributed by atoms with van der Waals surface area (Å²) in [6, 6.07) is 64.3. The molecule has 1 aromatic heterocycles. The molecule has 15 rings (SSSR count). The second-order valence-electron chi connectivity index (χ2n) is 18.4. The van der Waals surface area contributed by atoms with Crippen LogP contribution in [0.25, 0.3) is 98.8 Å². The predicted octanol–water partition coefficient (Wildman–Crippen LogP) is 15.8. The third-order valence-corrected chi connectivity index (χ3v) is 15.6. The Labute approximate surface area is 343 Å². The minimum atomic E-state index is 0.0976. The van der Waals surface area contributed by atoms with Crippen molar-refractivity contribution in [1.82, 2.24) is 0 Å². The van der Waals surface area contributed by atoms with E-state index in [1.54, 1.807) is 11.1 Å². The lowest BCUT2D eigenvalue weighted by atomic mass is 9.43. The standard InChI is InChI=1S/C58H42O/c1-2-10-39-31-53-51(30-38(39)9-1)44-23-22-41(32-52(44)58(53)42-26-34-25-35(28-42)29-43(58)27-34)57-49-14-5-3-12-47(49)56(48-13-4-6-15-50(48)57)37-19-17-36(18-20-37)40-21-24-46-45-11-7-8-16-54(45)59-55(46)33-40/h1-24,30-35,42-43H,25-29H2. The van der Waals surface area contributed by atoms with Crippen LogP contribution in [0, 0.1) is 23.7 Å². The minimum Gasteiger partial charge on any atom is -0.456 e. The summed E-state index contributed by atoms with van der Waals surface area (Å²) in [5.74, 6) is 3.26.